The lowest BCUT2D eigenvalue weighted by Crippen LogP contribution is -2.30. The quantitative estimate of drug-likeness (QED) is 0.773. The van der Waals surface area contributed by atoms with Crippen LogP contribution >= 0.6 is 0 Å². The summed E-state index contributed by atoms with van der Waals surface area (Å²) in [5.74, 6) is 1.08. The number of hydrogen-bond acceptors (Lipinski definition) is 4. The fourth-order valence-electron chi connectivity index (χ4n) is 1.90. The van der Waals surface area contributed by atoms with Crippen molar-refractivity contribution in [2.45, 2.75) is 26.4 Å². The van der Waals surface area contributed by atoms with Crippen LogP contribution in [0.1, 0.15) is 23.9 Å². The molecule has 0 saturated heterocycles. The molecule has 0 aromatic carbocycles. The van der Waals surface area contributed by atoms with Crippen LogP contribution in [0.5, 0.6) is 0 Å². The van der Waals surface area contributed by atoms with Crippen LogP contribution in [-0.4, -0.2) is 30.2 Å². The molecule has 2 rings (SSSR count). The Balaban J connectivity index is 2.19. The zero-order valence-corrected chi connectivity index (χ0v) is 8.84. The Morgan fingerprint density at radius 1 is 1.57 bits per heavy atom. The molecular weight excluding hydrogens is 178 g/mol. The Morgan fingerprint density at radius 2 is 2.43 bits per heavy atom. The number of aromatic nitrogens is 1. The Morgan fingerprint density at radius 3 is 3.14 bits per heavy atom. The number of nitrogens with one attached hydrogen (secondary N) is 1. The Kier molecular flexibility index (Phi) is 2.84. The molecule has 0 fully saturated rings. The second-order valence-corrected chi connectivity index (χ2v) is 3.68. The smallest absolute Gasteiger partial charge is 0.142 e. The third-order valence-electron chi connectivity index (χ3n) is 2.78. The third-order valence-corrected chi connectivity index (χ3v) is 2.78. The normalized spacial score (nSPS) is 17.0. The largest absolute Gasteiger partial charge is 0.361 e. The van der Waals surface area contributed by atoms with Gasteiger partial charge in [-0.1, -0.05) is 12.1 Å². The van der Waals surface area contributed by atoms with Crippen LogP contribution in [0, 0.1) is 0 Å². The first-order chi connectivity index (χ1) is 6.85. The summed E-state index contributed by atoms with van der Waals surface area (Å²) in [6.45, 7) is 6.18. The highest BCUT2D eigenvalue weighted by Gasteiger charge is 2.22. The van der Waals surface area contributed by atoms with Crippen molar-refractivity contribution in [2.75, 3.05) is 20.1 Å². The van der Waals surface area contributed by atoms with Crippen molar-refractivity contribution in [1.29, 1.82) is 0 Å². The van der Waals surface area contributed by atoms with Gasteiger partial charge < -0.3 is 9.84 Å². The molecule has 2 heterocycles. The highest BCUT2D eigenvalue weighted by molar-refractivity contribution is 5.25. The Bertz CT molecular complexity index is 308. The van der Waals surface area contributed by atoms with E-state index in [0.29, 0.717) is 0 Å². The Labute approximate surface area is 84.3 Å². The lowest BCUT2D eigenvalue weighted by atomic mass is 10.1. The van der Waals surface area contributed by atoms with Crippen molar-refractivity contribution in [3.8, 4) is 0 Å². The monoisotopic (exact) mass is 195 g/mol. The van der Waals surface area contributed by atoms with E-state index in [0.717, 1.165) is 44.1 Å². The third kappa shape index (κ3) is 1.67. The van der Waals surface area contributed by atoms with Crippen LogP contribution in [0.4, 0.5) is 0 Å². The van der Waals surface area contributed by atoms with Crippen LogP contribution in [-0.2, 0) is 19.5 Å². The summed E-state index contributed by atoms with van der Waals surface area (Å²) in [7, 11) is 1.93. The molecule has 4 heteroatoms. The van der Waals surface area contributed by atoms with E-state index in [9.17, 15) is 0 Å². The van der Waals surface area contributed by atoms with Crippen LogP contribution in [0.3, 0.4) is 0 Å². The average Bonchev–Trinajstić information content (AvgIpc) is 2.61. The standard InChI is InChI=1S/C10H17N3O/c1-3-13-5-4-10-8(7-13)9(6-11-2)12-14-10/h11H,3-7H2,1-2H3. The molecule has 0 atom stereocenters. The van der Waals surface area contributed by atoms with Gasteiger partial charge in [-0.25, -0.2) is 0 Å². The van der Waals surface area contributed by atoms with E-state index in [1.54, 1.807) is 0 Å². The molecule has 14 heavy (non-hydrogen) atoms. The van der Waals surface area contributed by atoms with Crippen LogP contribution in [0.2, 0.25) is 0 Å². The summed E-state index contributed by atoms with van der Waals surface area (Å²) in [5.41, 5.74) is 2.37. The molecule has 78 valence electrons. The maximum Gasteiger partial charge on any atom is 0.142 e. The lowest BCUT2D eigenvalue weighted by Gasteiger charge is -2.24. The van der Waals surface area contributed by atoms with E-state index in [4.69, 9.17) is 4.52 Å². The summed E-state index contributed by atoms with van der Waals surface area (Å²) < 4.78 is 5.32. The van der Waals surface area contributed by atoms with Gasteiger partial charge in [-0.05, 0) is 13.6 Å². The summed E-state index contributed by atoms with van der Waals surface area (Å²) in [4.78, 5) is 2.42. The topological polar surface area (TPSA) is 41.3 Å². The highest BCUT2D eigenvalue weighted by Crippen LogP contribution is 2.21. The van der Waals surface area contributed by atoms with Crippen molar-refractivity contribution >= 4 is 0 Å². The molecule has 0 aliphatic carbocycles. The summed E-state index contributed by atoms with van der Waals surface area (Å²) >= 11 is 0. The lowest BCUT2D eigenvalue weighted by molar-refractivity contribution is 0.247. The minimum atomic E-state index is 0.802. The van der Waals surface area contributed by atoms with Crippen molar-refractivity contribution < 1.29 is 4.52 Å². The van der Waals surface area contributed by atoms with Crippen molar-refractivity contribution in [2.24, 2.45) is 0 Å². The first-order valence-electron chi connectivity index (χ1n) is 5.18. The van der Waals surface area contributed by atoms with Gasteiger partial charge in [0.1, 0.15) is 11.5 Å². The Hall–Kier alpha value is -0.870. The molecular formula is C10H17N3O. The van der Waals surface area contributed by atoms with E-state index >= 15 is 0 Å². The maximum absolute atomic E-state index is 5.32. The fraction of sp³-hybridized carbons (Fsp3) is 0.700. The molecule has 1 aliphatic heterocycles. The maximum atomic E-state index is 5.32. The van der Waals surface area contributed by atoms with Gasteiger partial charge in [-0.15, -0.1) is 0 Å². The molecule has 1 N–H and O–H groups in total. The summed E-state index contributed by atoms with van der Waals surface area (Å²) in [5, 5.41) is 7.20. The van der Waals surface area contributed by atoms with E-state index in [2.05, 4.69) is 22.3 Å². The van der Waals surface area contributed by atoms with Crippen LogP contribution in [0.15, 0.2) is 4.52 Å². The van der Waals surface area contributed by atoms with Crippen molar-refractivity contribution in [3.63, 3.8) is 0 Å². The highest BCUT2D eigenvalue weighted by atomic mass is 16.5. The number of rotatable bonds is 3. The van der Waals surface area contributed by atoms with E-state index in [1.165, 1.54) is 5.56 Å². The van der Waals surface area contributed by atoms with Gasteiger partial charge in [-0.3, -0.25) is 4.90 Å². The minimum absolute atomic E-state index is 0.802. The zero-order chi connectivity index (χ0) is 9.97. The van der Waals surface area contributed by atoms with Gasteiger partial charge >= 0.3 is 0 Å². The number of nitrogens with zero attached hydrogens (tertiary/aromatic N) is 2. The zero-order valence-electron chi connectivity index (χ0n) is 8.84. The predicted molar refractivity (Wildman–Crippen MR) is 53.9 cm³/mol. The van der Waals surface area contributed by atoms with Crippen molar-refractivity contribution in [3.05, 3.63) is 17.0 Å². The van der Waals surface area contributed by atoms with Crippen LogP contribution < -0.4 is 5.32 Å². The molecule has 1 aliphatic rings. The van der Waals surface area contributed by atoms with E-state index < -0.39 is 0 Å². The van der Waals surface area contributed by atoms with Gasteiger partial charge in [0.15, 0.2) is 0 Å². The molecule has 0 saturated carbocycles. The predicted octanol–water partition coefficient (Wildman–Crippen LogP) is 0.772. The second-order valence-electron chi connectivity index (χ2n) is 3.68. The van der Waals surface area contributed by atoms with Crippen molar-refractivity contribution in [1.82, 2.24) is 15.4 Å². The number of fused-ring (bicyclic) bond motifs is 1. The van der Waals surface area contributed by atoms with Gasteiger partial charge in [0.2, 0.25) is 0 Å². The molecule has 4 nitrogen and oxygen atoms in total. The summed E-state index contributed by atoms with van der Waals surface area (Å²) in [6, 6.07) is 0. The van der Waals surface area contributed by atoms with Gasteiger partial charge in [0, 0.05) is 31.6 Å². The summed E-state index contributed by atoms with van der Waals surface area (Å²) in [6.07, 6.45) is 1.000. The van der Waals surface area contributed by atoms with Crippen LogP contribution in [0.25, 0.3) is 0 Å². The minimum Gasteiger partial charge on any atom is -0.361 e. The second kappa shape index (κ2) is 4.11. The van der Waals surface area contributed by atoms with Gasteiger partial charge in [0.05, 0.1) is 0 Å². The van der Waals surface area contributed by atoms with E-state index in [1.807, 2.05) is 7.05 Å². The molecule has 0 radical (unpaired) electrons. The first-order valence-corrected chi connectivity index (χ1v) is 5.18. The molecule has 0 amide bonds. The number of hydrogen-bond donors (Lipinski definition) is 1. The number of likely N-dealkylation sites (N-methyl/N-ethyl adjacent to an activating group) is 1. The van der Waals surface area contributed by atoms with Gasteiger partial charge in [-0.2, -0.15) is 0 Å². The average molecular weight is 195 g/mol. The molecule has 0 spiro atoms. The first kappa shape index (κ1) is 9.68. The molecule has 0 unspecified atom stereocenters. The SMILES string of the molecule is CCN1CCc2onc(CNC)c2C1. The van der Waals surface area contributed by atoms with Gasteiger partial charge in [0.25, 0.3) is 0 Å². The molecule has 1 aromatic heterocycles. The molecule has 0 bridgehead atoms. The fourth-order valence-corrected chi connectivity index (χ4v) is 1.90. The molecule has 1 aromatic rings. The van der Waals surface area contributed by atoms with E-state index in [-0.39, 0.29) is 0 Å².